The highest BCUT2D eigenvalue weighted by Gasteiger charge is 2.42. The zero-order valence-electron chi connectivity index (χ0n) is 14.6. The Bertz CT molecular complexity index is 781. The summed E-state index contributed by atoms with van der Waals surface area (Å²) >= 11 is 0. The van der Waals surface area contributed by atoms with Crippen LogP contribution in [0.4, 0.5) is 0 Å². The number of likely N-dealkylation sites (tertiary alicyclic amines) is 1. The molecule has 1 aromatic carbocycles. The summed E-state index contributed by atoms with van der Waals surface area (Å²) < 4.78 is 11.6. The maximum absolute atomic E-state index is 10.8. The van der Waals surface area contributed by atoms with E-state index < -0.39 is 5.97 Å². The van der Waals surface area contributed by atoms with Gasteiger partial charge in [-0.3, -0.25) is 10.00 Å². The van der Waals surface area contributed by atoms with E-state index in [2.05, 4.69) is 15.1 Å². The van der Waals surface area contributed by atoms with Crippen molar-refractivity contribution in [2.24, 2.45) is 0 Å². The molecule has 0 amide bonds. The van der Waals surface area contributed by atoms with Crippen LogP contribution in [-0.2, 0) is 28.1 Å². The number of carboxylic acid groups (broad SMARTS) is 1. The molecule has 2 aliphatic rings. The van der Waals surface area contributed by atoms with Gasteiger partial charge in [-0.25, -0.2) is 4.79 Å². The van der Waals surface area contributed by atoms with Crippen LogP contribution in [0.15, 0.2) is 30.5 Å². The first-order valence-corrected chi connectivity index (χ1v) is 8.98. The lowest BCUT2D eigenvalue weighted by atomic mass is 9.83. The van der Waals surface area contributed by atoms with Gasteiger partial charge in [0.1, 0.15) is 11.4 Å². The molecule has 1 aromatic heterocycles. The van der Waals surface area contributed by atoms with Crippen LogP contribution in [0.3, 0.4) is 0 Å². The third-order valence-electron chi connectivity index (χ3n) is 5.30. The number of piperidine rings is 1. The molecule has 26 heavy (non-hydrogen) atoms. The largest absolute Gasteiger partial charge is 0.482 e. The Labute approximate surface area is 151 Å². The third kappa shape index (κ3) is 3.32. The molecule has 0 unspecified atom stereocenters. The zero-order chi connectivity index (χ0) is 18.0. The molecular formula is C19H23N3O4. The molecule has 7 nitrogen and oxygen atoms in total. The van der Waals surface area contributed by atoms with Gasteiger partial charge in [0.25, 0.3) is 0 Å². The molecule has 1 spiro atoms. The Hall–Kier alpha value is -2.38. The number of hydrogen-bond donors (Lipinski definition) is 2. The number of ether oxygens (including phenoxy) is 2. The Morgan fingerprint density at radius 1 is 1.35 bits per heavy atom. The van der Waals surface area contributed by atoms with Crippen molar-refractivity contribution < 1.29 is 19.4 Å². The number of aliphatic carboxylic acids is 1. The van der Waals surface area contributed by atoms with E-state index in [0.29, 0.717) is 5.75 Å². The predicted molar refractivity (Wildman–Crippen MR) is 94.0 cm³/mol. The molecule has 7 heteroatoms. The lowest BCUT2D eigenvalue weighted by Gasteiger charge is -2.43. The van der Waals surface area contributed by atoms with Crippen LogP contribution in [0.25, 0.3) is 0 Å². The van der Waals surface area contributed by atoms with E-state index in [1.807, 2.05) is 30.5 Å². The quantitative estimate of drug-likeness (QED) is 0.850. The van der Waals surface area contributed by atoms with Gasteiger partial charge in [-0.05, 0) is 30.9 Å². The first-order valence-electron chi connectivity index (χ1n) is 8.98. The Morgan fingerprint density at radius 3 is 2.96 bits per heavy atom. The molecule has 2 N–H and O–H groups in total. The van der Waals surface area contributed by atoms with Gasteiger partial charge in [-0.1, -0.05) is 18.2 Å². The van der Waals surface area contributed by atoms with E-state index >= 15 is 0 Å². The van der Waals surface area contributed by atoms with Crippen molar-refractivity contribution in [3.05, 3.63) is 47.3 Å². The van der Waals surface area contributed by atoms with Crippen molar-refractivity contribution in [3.63, 3.8) is 0 Å². The molecule has 2 aliphatic heterocycles. The normalized spacial score (nSPS) is 19.2. The van der Waals surface area contributed by atoms with E-state index in [9.17, 15) is 4.79 Å². The number of fused-ring (bicyclic) bond motifs is 2. The summed E-state index contributed by atoms with van der Waals surface area (Å²) in [6, 6.07) is 7.63. The number of H-pyrrole nitrogens is 1. The van der Waals surface area contributed by atoms with Crippen molar-refractivity contribution in [1.29, 1.82) is 0 Å². The van der Waals surface area contributed by atoms with Crippen molar-refractivity contribution >= 4 is 5.97 Å². The van der Waals surface area contributed by atoms with Gasteiger partial charge in [-0.2, -0.15) is 5.10 Å². The third-order valence-corrected chi connectivity index (χ3v) is 5.30. The minimum atomic E-state index is -0.968. The molecule has 3 heterocycles. The minimum Gasteiger partial charge on any atom is -0.482 e. The fraction of sp³-hybridized carbons (Fsp3) is 0.474. The molecule has 0 saturated carbocycles. The summed E-state index contributed by atoms with van der Waals surface area (Å²) in [5.41, 5.74) is 3.20. The summed E-state index contributed by atoms with van der Waals surface area (Å²) in [6.45, 7) is 2.98. The highest BCUT2D eigenvalue weighted by Crippen LogP contribution is 2.40. The number of nitrogens with one attached hydrogen (secondary N) is 1. The monoisotopic (exact) mass is 357 g/mol. The number of hydrogen-bond acceptors (Lipinski definition) is 5. The second-order valence-corrected chi connectivity index (χ2v) is 6.93. The van der Waals surface area contributed by atoms with Crippen LogP contribution in [0, 0.1) is 0 Å². The van der Waals surface area contributed by atoms with E-state index in [1.165, 1.54) is 5.56 Å². The molecule has 138 valence electrons. The molecule has 0 radical (unpaired) electrons. The first-order chi connectivity index (χ1) is 12.7. The number of aromatic amines is 1. The fourth-order valence-corrected chi connectivity index (χ4v) is 3.95. The van der Waals surface area contributed by atoms with Crippen LogP contribution in [0.5, 0.6) is 5.75 Å². The van der Waals surface area contributed by atoms with Crippen molar-refractivity contribution in [2.75, 3.05) is 26.3 Å². The van der Waals surface area contributed by atoms with Crippen molar-refractivity contribution in [3.8, 4) is 5.75 Å². The molecule has 0 aliphatic carbocycles. The average Bonchev–Trinajstić information content (AvgIpc) is 3.13. The fourth-order valence-electron chi connectivity index (χ4n) is 3.95. The number of rotatable bonds is 5. The molecule has 1 fully saturated rings. The number of carbonyl (C=O) groups is 1. The summed E-state index contributed by atoms with van der Waals surface area (Å²) in [5.74, 6) is -0.329. The standard InChI is InChI=1S/C19H23N3O4/c23-17(24)13-25-16-4-2-1-3-15(16)12-22-8-6-19(7-9-22)18-14(5-10-26-19)11-20-21-18/h1-4,11H,5-10,12-13H2,(H,20,21)(H,23,24). The van der Waals surface area contributed by atoms with Crippen LogP contribution >= 0.6 is 0 Å². The second-order valence-electron chi connectivity index (χ2n) is 6.93. The smallest absolute Gasteiger partial charge is 0.341 e. The second kappa shape index (κ2) is 7.09. The number of para-hydroxylation sites is 1. The maximum Gasteiger partial charge on any atom is 0.341 e. The lowest BCUT2D eigenvalue weighted by molar-refractivity contribution is -0.139. The summed E-state index contributed by atoms with van der Waals surface area (Å²) in [6.07, 6.45) is 4.67. The Kier molecular flexibility index (Phi) is 4.65. The summed E-state index contributed by atoms with van der Waals surface area (Å²) in [5, 5.41) is 16.2. The van der Waals surface area contributed by atoms with Crippen LogP contribution in [-0.4, -0.2) is 52.5 Å². The molecular weight excluding hydrogens is 334 g/mol. The van der Waals surface area contributed by atoms with E-state index in [-0.39, 0.29) is 12.2 Å². The average molecular weight is 357 g/mol. The van der Waals surface area contributed by atoms with Crippen molar-refractivity contribution in [2.45, 2.75) is 31.4 Å². The van der Waals surface area contributed by atoms with Crippen LogP contribution in [0.1, 0.15) is 29.7 Å². The predicted octanol–water partition coefficient (Wildman–Crippen LogP) is 1.94. The van der Waals surface area contributed by atoms with Gasteiger partial charge in [0.2, 0.25) is 0 Å². The number of aromatic nitrogens is 2. The molecule has 4 rings (SSSR count). The molecule has 0 bridgehead atoms. The van der Waals surface area contributed by atoms with Gasteiger partial charge in [0, 0.05) is 25.2 Å². The number of nitrogens with zero attached hydrogens (tertiary/aromatic N) is 2. The van der Waals surface area contributed by atoms with Gasteiger partial charge in [-0.15, -0.1) is 0 Å². The summed E-state index contributed by atoms with van der Waals surface area (Å²) in [4.78, 5) is 13.1. The Balaban J connectivity index is 1.42. The van der Waals surface area contributed by atoms with Crippen LogP contribution in [0.2, 0.25) is 0 Å². The van der Waals surface area contributed by atoms with Crippen molar-refractivity contribution in [1.82, 2.24) is 15.1 Å². The zero-order valence-corrected chi connectivity index (χ0v) is 14.6. The number of carboxylic acids is 1. The molecule has 1 saturated heterocycles. The lowest BCUT2D eigenvalue weighted by Crippen LogP contribution is -2.46. The summed E-state index contributed by atoms with van der Waals surface area (Å²) in [7, 11) is 0. The molecule has 0 atom stereocenters. The van der Waals surface area contributed by atoms with Gasteiger partial charge in [0.05, 0.1) is 18.5 Å². The first kappa shape index (κ1) is 17.1. The topological polar surface area (TPSA) is 87.7 Å². The van der Waals surface area contributed by atoms with Gasteiger partial charge in [0.15, 0.2) is 6.61 Å². The number of benzene rings is 1. The SMILES string of the molecule is O=C(O)COc1ccccc1CN1CCC2(CC1)OCCc1cn[nH]c12. The van der Waals surface area contributed by atoms with Crippen LogP contribution < -0.4 is 4.74 Å². The molecule has 2 aromatic rings. The maximum atomic E-state index is 10.8. The van der Waals surface area contributed by atoms with Gasteiger partial charge >= 0.3 is 5.97 Å². The minimum absolute atomic E-state index is 0.236. The van der Waals surface area contributed by atoms with E-state index in [1.54, 1.807) is 0 Å². The van der Waals surface area contributed by atoms with E-state index in [4.69, 9.17) is 14.6 Å². The Morgan fingerprint density at radius 2 is 2.15 bits per heavy atom. The van der Waals surface area contributed by atoms with E-state index in [0.717, 1.165) is 56.8 Å². The highest BCUT2D eigenvalue weighted by atomic mass is 16.5. The van der Waals surface area contributed by atoms with Gasteiger partial charge < -0.3 is 14.6 Å². The highest BCUT2D eigenvalue weighted by molar-refractivity contribution is 5.68.